The van der Waals surface area contributed by atoms with Gasteiger partial charge < -0.3 is 10.1 Å². The SMILES string of the molecule is Cc1ccccc1Sc1ccc(C2CNCCO2)cc1. The van der Waals surface area contributed by atoms with E-state index in [1.807, 2.05) is 11.8 Å². The van der Waals surface area contributed by atoms with Gasteiger partial charge >= 0.3 is 0 Å². The van der Waals surface area contributed by atoms with Crippen LogP contribution in [0.4, 0.5) is 0 Å². The van der Waals surface area contributed by atoms with Gasteiger partial charge in [-0.2, -0.15) is 0 Å². The summed E-state index contributed by atoms with van der Waals surface area (Å²) in [5, 5.41) is 3.37. The van der Waals surface area contributed by atoms with Crippen molar-refractivity contribution in [1.29, 1.82) is 0 Å². The predicted molar refractivity (Wildman–Crippen MR) is 83.3 cm³/mol. The highest BCUT2D eigenvalue weighted by Crippen LogP contribution is 2.31. The molecule has 0 amide bonds. The summed E-state index contributed by atoms with van der Waals surface area (Å²) in [7, 11) is 0. The molecule has 104 valence electrons. The summed E-state index contributed by atoms with van der Waals surface area (Å²) in [5.74, 6) is 0. The van der Waals surface area contributed by atoms with E-state index in [1.54, 1.807) is 0 Å². The first-order valence-electron chi connectivity index (χ1n) is 6.99. The molecule has 1 aliphatic heterocycles. The van der Waals surface area contributed by atoms with Crippen LogP contribution in [0, 0.1) is 6.92 Å². The Morgan fingerprint density at radius 1 is 1.10 bits per heavy atom. The minimum absolute atomic E-state index is 0.196. The molecule has 20 heavy (non-hydrogen) atoms. The van der Waals surface area contributed by atoms with Gasteiger partial charge in [-0.05, 0) is 36.2 Å². The first-order chi connectivity index (χ1) is 9.83. The standard InChI is InChI=1S/C17H19NOS/c1-13-4-2-3-5-17(13)20-15-8-6-14(7-9-15)16-12-18-10-11-19-16/h2-9,16,18H,10-12H2,1H3. The number of rotatable bonds is 3. The minimum Gasteiger partial charge on any atom is -0.371 e. The van der Waals surface area contributed by atoms with E-state index >= 15 is 0 Å². The average molecular weight is 285 g/mol. The molecule has 0 radical (unpaired) electrons. The Hall–Kier alpha value is -1.29. The van der Waals surface area contributed by atoms with E-state index in [-0.39, 0.29) is 6.10 Å². The van der Waals surface area contributed by atoms with E-state index in [9.17, 15) is 0 Å². The predicted octanol–water partition coefficient (Wildman–Crippen LogP) is 3.81. The second-order valence-corrected chi connectivity index (χ2v) is 6.12. The van der Waals surface area contributed by atoms with Gasteiger partial charge in [0.1, 0.15) is 0 Å². The Bertz CT molecular complexity index is 561. The highest BCUT2D eigenvalue weighted by molar-refractivity contribution is 7.99. The van der Waals surface area contributed by atoms with Gasteiger partial charge in [0, 0.05) is 22.9 Å². The number of morpholine rings is 1. The van der Waals surface area contributed by atoms with Gasteiger partial charge in [-0.1, -0.05) is 42.1 Å². The fraction of sp³-hybridized carbons (Fsp3) is 0.294. The third-order valence-corrected chi connectivity index (χ3v) is 4.69. The monoisotopic (exact) mass is 285 g/mol. The zero-order chi connectivity index (χ0) is 13.8. The lowest BCUT2D eigenvalue weighted by Crippen LogP contribution is -2.33. The van der Waals surface area contributed by atoms with Crippen LogP contribution in [0.2, 0.25) is 0 Å². The first-order valence-corrected chi connectivity index (χ1v) is 7.80. The number of nitrogens with one attached hydrogen (secondary N) is 1. The smallest absolute Gasteiger partial charge is 0.0949 e. The Kier molecular flexibility index (Phi) is 4.41. The maximum absolute atomic E-state index is 5.77. The molecule has 3 rings (SSSR count). The molecule has 0 aromatic heterocycles. The van der Waals surface area contributed by atoms with Crippen molar-refractivity contribution in [3.05, 3.63) is 59.7 Å². The third kappa shape index (κ3) is 3.23. The van der Waals surface area contributed by atoms with E-state index in [1.165, 1.54) is 20.9 Å². The van der Waals surface area contributed by atoms with Crippen LogP contribution < -0.4 is 5.32 Å². The zero-order valence-corrected chi connectivity index (χ0v) is 12.5. The van der Waals surface area contributed by atoms with Crippen molar-refractivity contribution in [2.75, 3.05) is 19.7 Å². The molecule has 1 unspecified atom stereocenters. The van der Waals surface area contributed by atoms with Gasteiger partial charge in [-0.15, -0.1) is 0 Å². The molecular weight excluding hydrogens is 266 g/mol. The van der Waals surface area contributed by atoms with Crippen LogP contribution in [-0.4, -0.2) is 19.7 Å². The Morgan fingerprint density at radius 2 is 1.90 bits per heavy atom. The van der Waals surface area contributed by atoms with Gasteiger partial charge in [0.15, 0.2) is 0 Å². The third-order valence-electron chi connectivity index (χ3n) is 3.50. The van der Waals surface area contributed by atoms with Crippen LogP contribution in [0.3, 0.4) is 0 Å². The van der Waals surface area contributed by atoms with E-state index in [4.69, 9.17) is 4.74 Å². The highest BCUT2D eigenvalue weighted by Gasteiger charge is 2.15. The van der Waals surface area contributed by atoms with Crippen LogP contribution in [0.25, 0.3) is 0 Å². The molecule has 1 N–H and O–H groups in total. The quantitative estimate of drug-likeness (QED) is 0.926. The summed E-state index contributed by atoms with van der Waals surface area (Å²) < 4.78 is 5.77. The number of ether oxygens (including phenoxy) is 1. The normalized spacial score (nSPS) is 18.9. The van der Waals surface area contributed by atoms with Crippen LogP contribution in [0.1, 0.15) is 17.2 Å². The molecule has 0 spiro atoms. The van der Waals surface area contributed by atoms with E-state index < -0.39 is 0 Å². The maximum atomic E-state index is 5.77. The Labute approximate surface area is 124 Å². The number of benzene rings is 2. The molecule has 1 atom stereocenters. The van der Waals surface area contributed by atoms with Gasteiger partial charge in [0.25, 0.3) is 0 Å². The van der Waals surface area contributed by atoms with Crippen molar-refractivity contribution < 1.29 is 4.74 Å². The molecule has 1 saturated heterocycles. The lowest BCUT2D eigenvalue weighted by Gasteiger charge is -2.24. The molecule has 2 aromatic rings. The molecule has 0 bridgehead atoms. The topological polar surface area (TPSA) is 21.3 Å². The highest BCUT2D eigenvalue weighted by atomic mass is 32.2. The summed E-state index contributed by atoms with van der Waals surface area (Å²) in [6.45, 7) is 4.81. The van der Waals surface area contributed by atoms with Crippen LogP contribution >= 0.6 is 11.8 Å². The number of aryl methyl sites for hydroxylation is 1. The molecule has 1 heterocycles. The molecule has 0 aliphatic carbocycles. The summed E-state index contributed by atoms with van der Waals surface area (Å²) in [4.78, 5) is 2.59. The van der Waals surface area contributed by atoms with Crippen molar-refractivity contribution in [2.45, 2.75) is 22.8 Å². The first kappa shape index (κ1) is 13.7. The molecule has 3 heteroatoms. The molecule has 2 nitrogen and oxygen atoms in total. The van der Waals surface area contributed by atoms with Crippen molar-refractivity contribution >= 4 is 11.8 Å². The van der Waals surface area contributed by atoms with Crippen LogP contribution in [0.5, 0.6) is 0 Å². The molecule has 1 fully saturated rings. The zero-order valence-electron chi connectivity index (χ0n) is 11.6. The van der Waals surface area contributed by atoms with Gasteiger partial charge in [0.2, 0.25) is 0 Å². The molecule has 0 saturated carbocycles. The van der Waals surface area contributed by atoms with Crippen molar-refractivity contribution in [1.82, 2.24) is 5.32 Å². The number of hydrogen-bond donors (Lipinski definition) is 1. The summed E-state index contributed by atoms with van der Waals surface area (Å²) in [6.07, 6.45) is 0.196. The summed E-state index contributed by atoms with van der Waals surface area (Å²) in [6, 6.07) is 17.2. The van der Waals surface area contributed by atoms with Crippen LogP contribution in [-0.2, 0) is 4.74 Å². The summed E-state index contributed by atoms with van der Waals surface area (Å²) in [5.41, 5.74) is 2.58. The lowest BCUT2D eigenvalue weighted by molar-refractivity contribution is 0.0277. The fourth-order valence-corrected chi connectivity index (χ4v) is 3.23. The molecule has 2 aromatic carbocycles. The largest absolute Gasteiger partial charge is 0.371 e. The number of hydrogen-bond acceptors (Lipinski definition) is 3. The fourth-order valence-electron chi connectivity index (χ4n) is 2.33. The maximum Gasteiger partial charge on any atom is 0.0949 e. The second-order valence-electron chi connectivity index (χ2n) is 5.00. The van der Waals surface area contributed by atoms with Crippen LogP contribution in [0.15, 0.2) is 58.3 Å². The van der Waals surface area contributed by atoms with Crippen molar-refractivity contribution in [2.24, 2.45) is 0 Å². The Morgan fingerprint density at radius 3 is 2.60 bits per heavy atom. The van der Waals surface area contributed by atoms with Crippen molar-refractivity contribution in [3.8, 4) is 0 Å². The van der Waals surface area contributed by atoms with Gasteiger partial charge in [-0.3, -0.25) is 0 Å². The van der Waals surface area contributed by atoms with E-state index in [0.717, 1.165) is 19.7 Å². The van der Waals surface area contributed by atoms with Gasteiger partial charge in [0.05, 0.1) is 12.7 Å². The lowest BCUT2D eigenvalue weighted by atomic mass is 10.1. The van der Waals surface area contributed by atoms with Gasteiger partial charge in [-0.25, -0.2) is 0 Å². The van der Waals surface area contributed by atoms with E-state index in [2.05, 4.69) is 60.8 Å². The minimum atomic E-state index is 0.196. The average Bonchev–Trinajstić information content (AvgIpc) is 2.51. The summed E-state index contributed by atoms with van der Waals surface area (Å²) >= 11 is 1.81. The molecule has 1 aliphatic rings. The van der Waals surface area contributed by atoms with Crippen molar-refractivity contribution in [3.63, 3.8) is 0 Å². The Balaban J connectivity index is 1.71. The van der Waals surface area contributed by atoms with E-state index in [0.29, 0.717) is 0 Å². The second kappa shape index (κ2) is 6.44. The molecular formula is C17H19NOS.